The number of carbonyl (C=O) groups is 1. The van der Waals surface area contributed by atoms with Crippen LogP contribution in [0.3, 0.4) is 0 Å². The molecule has 0 aliphatic carbocycles. The molecule has 0 saturated heterocycles. The van der Waals surface area contributed by atoms with Gasteiger partial charge in [-0.2, -0.15) is 0 Å². The third kappa shape index (κ3) is 4.50. The van der Waals surface area contributed by atoms with Crippen molar-refractivity contribution in [1.82, 2.24) is 5.32 Å². The number of benzene rings is 2. The normalized spacial score (nSPS) is 11.9. The number of hydrogen-bond donors (Lipinski definition) is 3. The largest absolute Gasteiger partial charge is 0.386 e. The molecule has 3 N–H and O–H groups in total. The molecule has 0 heterocycles. The Labute approximate surface area is 133 Å². The fourth-order valence-corrected chi connectivity index (χ4v) is 2.07. The Bertz CT molecular complexity index is 720. The van der Waals surface area contributed by atoms with E-state index in [0.717, 1.165) is 23.3 Å². The van der Waals surface area contributed by atoms with Gasteiger partial charge in [-0.25, -0.2) is 13.6 Å². The van der Waals surface area contributed by atoms with E-state index < -0.39 is 23.8 Å². The molecule has 2 aromatic carbocycles. The zero-order valence-electron chi connectivity index (χ0n) is 12.9. The van der Waals surface area contributed by atoms with Crippen LogP contribution in [0.1, 0.15) is 22.8 Å². The Hall–Kier alpha value is -2.47. The molecular formula is C17H18F2N2O2. The van der Waals surface area contributed by atoms with Crippen molar-refractivity contribution >= 4 is 11.7 Å². The predicted molar refractivity (Wildman–Crippen MR) is 84.3 cm³/mol. The number of urea groups is 1. The summed E-state index contributed by atoms with van der Waals surface area (Å²) in [6, 6.07) is 7.84. The summed E-state index contributed by atoms with van der Waals surface area (Å²) >= 11 is 0. The van der Waals surface area contributed by atoms with Crippen molar-refractivity contribution in [3.8, 4) is 0 Å². The monoisotopic (exact) mass is 320 g/mol. The molecule has 0 aliphatic rings. The lowest BCUT2D eigenvalue weighted by Crippen LogP contribution is -2.32. The molecule has 0 saturated carbocycles. The van der Waals surface area contributed by atoms with E-state index in [1.165, 1.54) is 0 Å². The number of aliphatic hydroxyl groups is 1. The average molecular weight is 320 g/mol. The number of carbonyl (C=O) groups excluding carboxylic acids is 1. The molecule has 0 bridgehead atoms. The molecule has 122 valence electrons. The number of halogens is 2. The van der Waals surface area contributed by atoms with E-state index in [1.807, 2.05) is 26.0 Å². The van der Waals surface area contributed by atoms with Crippen LogP contribution in [0, 0.1) is 25.5 Å². The molecule has 6 heteroatoms. The highest BCUT2D eigenvalue weighted by Crippen LogP contribution is 2.18. The lowest BCUT2D eigenvalue weighted by Gasteiger charge is -2.14. The molecule has 4 nitrogen and oxygen atoms in total. The van der Waals surface area contributed by atoms with E-state index in [0.29, 0.717) is 11.8 Å². The second kappa shape index (κ2) is 7.19. The molecule has 2 rings (SSSR count). The molecule has 2 aromatic rings. The lowest BCUT2D eigenvalue weighted by molar-refractivity contribution is 0.170. The van der Waals surface area contributed by atoms with Crippen molar-refractivity contribution in [3.05, 3.63) is 64.7 Å². The number of nitrogens with one attached hydrogen (secondary N) is 2. The summed E-state index contributed by atoms with van der Waals surface area (Å²) in [5.74, 6) is -1.58. The summed E-state index contributed by atoms with van der Waals surface area (Å²) in [7, 11) is 0. The summed E-state index contributed by atoms with van der Waals surface area (Å²) in [6.45, 7) is 3.70. The van der Waals surface area contributed by atoms with Crippen molar-refractivity contribution in [2.24, 2.45) is 0 Å². The maximum atomic E-state index is 13.5. The maximum Gasteiger partial charge on any atom is 0.319 e. The first kappa shape index (κ1) is 16.9. The third-order valence-electron chi connectivity index (χ3n) is 3.54. The molecule has 0 aliphatic heterocycles. The maximum absolute atomic E-state index is 13.5. The third-order valence-corrected chi connectivity index (χ3v) is 3.54. The van der Waals surface area contributed by atoms with Gasteiger partial charge in [-0.3, -0.25) is 0 Å². The highest BCUT2D eigenvalue weighted by atomic mass is 19.1. The molecule has 0 fully saturated rings. The van der Waals surface area contributed by atoms with E-state index in [1.54, 1.807) is 6.07 Å². The second-order valence-corrected chi connectivity index (χ2v) is 5.32. The first-order chi connectivity index (χ1) is 10.9. The summed E-state index contributed by atoms with van der Waals surface area (Å²) in [5, 5.41) is 15.0. The molecule has 0 aromatic heterocycles. The van der Waals surface area contributed by atoms with Crippen LogP contribution >= 0.6 is 0 Å². The number of aliphatic hydroxyl groups excluding tert-OH is 1. The van der Waals surface area contributed by atoms with Crippen LogP contribution in [0.15, 0.2) is 36.4 Å². The fourth-order valence-electron chi connectivity index (χ4n) is 2.07. The Kier molecular flexibility index (Phi) is 5.28. The van der Waals surface area contributed by atoms with Crippen molar-refractivity contribution < 1.29 is 18.7 Å². The molecular weight excluding hydrogens is 302 g/mol. The predicted octanol–water partition coefficient (Wildman–Crippen LogP) is 3.44. The van der Waals surface area contributed by atoms with Gasteiger partial charge in [0, 0.05) is 23.9 Å². The molecule has 1 unspecified atom stereocenters. The Balaban J connectivity index is 1.91. The number of hydrogen-bond acceptors (Lipinski definition) is 2. The number of amides is 2. The molecule has 1 atom stereocenters. The quantitative estimate of drug-likeness (QED) is 0.808. The molecule has 0 spiro atoms. The first-order valence-electron chi connectivity index (χ1n) is 7.12. The van der Waals surface area contributed by atoms with Gasteiger partial charge in [0.1, 0.15) is 11.6 Å². The van der Waals surface area contributed by atoms with Gasteiger partial charge in [0.2, 0.25) is 0 Å². The van der Waals surface area contributed by atoms with Gasteiger partial charge in [-0.05, 0) is 43.2 Å². The summed E-state index contributed by atoms with van der Waals surface area (Å²) < 4.78 is 26.4. The highest BCUT2D eigenvalue weighted by Gasteiger charge is 2.14. The van der Waals surface area contributed by atoms with E-state index in [2.05, 4.69) is 10.6 Å². The van der Waals surface area contributed by atoms with Crippen LogP contribution in [0.25, 0.3) is 0 Å². The van der Waals surface area contributed by atoms with Gasteiger partial charge in [0.25, 0.3) is 0 Å². The van der Waals surface area contributed by atoms with Crippen molar-refractivity contribution in [1.29, 1.82) is 0 Å². The average Bonchev–Trinajstić information content (AvgIpc) is 2.48. The topological polar surface area (TPSA) is 61.4 Å². The van der Waals surface area contributed by atoms with Crippen molar-refractivity contribution in [3.63, 3.8) is 0 Å². The standard InChI is InChI=1S/C17H18F2N2O2/c1-10-3-5-13(7-11(10)2)21-17(23)20-9-16(22)14-6-4-12(18)8-15(14)19/h3-8,16,22H,9H2,1-2H3,(H2,20,21,23). The fraction of sp³-hybridized carbons (Fsp3) is 0.235. The van der Waals surface area contributed by atoms with Crippen molar-refractivity contribution in [2.45, 2.75) is 20.0 Å². The van der Waals surface area contributed by atoms with Gasteiger partial charge in [0.15, 0.2) is 0 Å². The second-order valence-electron chi connectivity index (χ2n) is 5.32. The Morgan fingerprint density at radius 3 is 2.52 bits per heavy atom. The lowest BCUT2D eigenvalue weighted by atomic mass is 10.1. The minimum Gasteiger partial charge on any atom is -0.386 e. The Morgan fingerprint density at radius 1 is 1.13 bits per heavy atom. The molecule has 2 amide bonds. The van der Waals surface area contributed by atoms with Crippen LogP contribution in [0.2, 0.25) is 0 Å². The minimum atomic E-state index is -1.26. The van der Waals surface area contributed by atoms with Crippen LogP contribution in [0.4, 0.5) is 19.3 Å². The first-order valence-corrected chi connectivity index (χ1v) is 7.12. The van der Waals surface area contributed by atoms with E-state index in [-0.39, 0.29) is 12.1 Å². The van der Waals surface area contributed by atoms with Crippen LogP contribution < -0.4 is 10.6 Å². The highest BCUT2D eigenvalue weighted by molar-refractivity contribution is 5.89. The smallest absolute Gasteiger partial charge is 0.319 e. The van der Waals surface area contributed by atoms with Crippen LogP contribution in [-0.4, -0.2) is 17.7 Å². The van der Waals surface area contributed by atoms with Gasteiger partial charge in [-0.1, -0.05) is 12.1 Å². The van der Waals surface area contributed by atoms with Crippen LogP contribution in [-0.2, 0) is 0 Å². The summed E-state index contributed by atoms with van der Waals surface area (Å²) in [5.41, 5.74) is 2.69. The number of anilines is 1. The van der Waals surface area contributed by atoms with Gasteiger partial charge < -0.3 is 15.7 Å². The number of aryl methyl sites for hydroxylation is 2. The van der Waals surface area contributed by atoms with E-state index in [4.69, 9.17) is 0 Å². The summed E-state index contributed by atoms with van der Waals surface area (Å²) in [6.07, 6.45) is -1.26. The number of rotatable bonds is 4. The van der Waals surface area contributed by atoms with Gasteiger partial charge >= 0.3 is 6.03 Å². The summed E-state index contributed by atoms with van der Waals surface area (Å²) in [4.78, 5) is 11.8. The minimum absolute atomic E-state index is 0.0714. The Morgan fingerprint density at radius 2 is 1.87 bits per heavy atom. The van der Waals surface area contributed by atoms with Gasteiger partial charge in [0.05, 0.1) is 6.10 Å². The van der Waals surface area contributed by atoms with Crippen LogP contribution in [0.5, 0.6) is 0 Å². The van der Waals surface area contributed by atoms with E-state index >= 15 is 0 Å². The molecule has 0 radical (unpaired) electrons. The zero-order valence-corrected chi connectivity index (χ0v) is 12.9. The van der Waals surface area contributed by atoms with E-state index in [9.17, 15) is 18.7 Å². The SMILES string of the molecule is Cc1ccc(NC(=O)NCC(O)c2ccc(F)cc2F)cc1C. The van der Waals surface area contributed by atoms with Crippen molar-refractivity contribution in [2.75, 3.05) is 11.9 Å². The van der Waals surface area contributed by atoms with Gasteiger partial charge in [-0.15, -0.1) is 0 Å². The molecule has 23 heavy (non-hydrogen) atoms. The zero-order chi connectivity index (χ0) is 17.0.